The molecule has 2 fully saturated rings. The number of pyridine rings is 1. The van der Waals surface area contributed by atoms with E-state index in [1.807, 2.05) is 20.8 Å². The van der Waals surface area contributed by atoms with E-state index in [0.717, 1.165) is 12.8 Å². The van der Waals surface area contributed by atoms with Crippen LogP contribution in [-0.4, -0.2) is 57.6 Å². The molecule has 35 heavy (non-hydrogen) atoms. The van der Waals surface area contributed by atoms with E-state index < -0.39 is 11.2 Å². The quantitative estimate of drug-likeness (QED) is 0.585. The Morgan fingerprint density at radius 2 is 1.91 bits per heavy atom. The lowest BCUT2D eigenvalue weighted by atomic mass is 9.76. The standard InChI is InChI=1S/C27H28ClFN4O2/c1-5-22(34)32-13-16(3)33(14-15(32)2)25-19-12-20(28)23(18-8-6-7-9-21(18)29)30-24(19)27(4,17-10-11-17)26(35)31-25/h5-9,12,15-17H,1,10-11,13-14H2,2-4H3. The van der Waals surface area contributed by atoms with Gasteiger partial charge < -0.3 is 9.80 Å². The van der Waals surface area contributed by atoms with E-state index in [1.54, 1.807) is 29.2 Å². The van der Waals surface area contributed by atoms with E-state index in [0.29, 0.717) is 46.5 Å². The number of nitrogens with zero attached hydrogens (tertiary/aromatic N) is 4. The summed E-state index contributed by atoms with van der Waals surface area (Å²) in [6.45, 7) is 10.4. The van der Waals surface area contributed by atoms with E-state index in [1.165, 1.54) is 12.1 Å². The van der Waals surface area contributed by atoms with E-state index in [-0.39, 0.29) is 29.8 Å². The highest BCUT2D eigenvalue weighted by molar-refractivity contribution is 6.33. The monoisotopic (exact) mass is 494 g/mol. The number of fused-ring (bicyclic) bond motifs is 1. The minimum absolute atomic E-state index is 0.0928. The lowest BCUT2D eigenvalue weighted by molar-refractivity contribution is -0.131. The molecule has 2 aliphatic heterocycles. The van der Waals surface area contributed by atoms with Crippen LogP contribution in [0.15, 0.2) is 48.0 Å². The number of carbonyl (C=O) groups excluding carboxylic acids is 2. The number of halogens is 2. The zero-order valence-electron chi connectivity index (χ0n) is 20.1. The molecule has 2 amide bonds. The Hall–Kier alpha value is -3.06. The Morgan fingerprint density at radius 3 is 2.57 bits per heavy atom. The number of amidine groups is 1. The lowest BCUT2D eigenvalue weighted by Crippen LogP contribution is -2.60. The van der Waals surface area contributed by atoms with Crippen LogP contribution in [0.3, 0.4) is 0 Å². The number of benzene rings is 1. The molecule has 3 aliphatic rings. The SMILES string of the molecule is C=CC(=O)N1CC(C)N(C2=NC(=O)C(C)(C3CC3)c3nc(-c4ccccc4F)c(Cl)cc32)CC1C. The molecule has 3 heterocycles. The normalized spacial score (nSPS) is 26.3. The fraction of sp³-hybridized carbons (Fsp3) is 0.407. The van der Waals surface area contributed by atoms with Crippen LogP contribution < -0.4 is 0 Å². The fourth-order valence-corrected chi connectivity index (χ4v) is 5.62. The van der Waals surface area contributed by atoms with Gasteiger partial charge in [-0.05, 0) is 63.8 Å². The summed E-state index contributed by atoms with van der Waals surface area (Å²) < 4.78 is 14.7. The van der Waals surface area contributed by atoms with Crippen molar-refractivity contribution in [3.05, 3.63) is 65.1 Å². The molecule has 8 heteroatoms. The van der Waals surface area contributed by atoms with Crippen molar-refractivity contribution in [2.45, 2.75) is 51.1 Å². The fourth-order valence-electron chi connectivity index (χ4n) is 5.36. The number of rotatable bonds is 3. The zero-order valence-corrected chi connectivity index (χ0v) is 20.8. The van der Waals surface area contributed by atoms with Gasteiger partial charge in [0, 0.05) is 36.3 Å². The van der Waals surface area contributed by atoms with Gasteiger partial charge in [-0.2, -0.15) is 4.99 Å². The Balaban J connectivity index is 1.64. The molecular formula is C27H28ClFN4O2. The van der Waals surface area contributed by atoms with Gasteiger partial charge in [0.15, 0.2) is 0 Å². The first-order valence-electron chi connectivity index (χ1n) is 12.0. The Bertz CT molecular complexity index is 1270. The van der Waals surface area contributed by atoms with Crippen molar-refractivity contribution in [1.29, 1.82) is 0 Å². The molecule has 0 bridgehead atoms. The van der Waals surface area contributed by atoms with E-state index in [4.69, 9.17) is 16.6 Å². The predicted molar refractivity (Wildman–Crippen MR) is 134 cm³/mol. The summed E-state index contributed by atoms with van der Waals surface area (Å²) >= 11 is 6.69. The molecule has 3 unspecified atom stereocenters. The molecule has 1 aromatic heterocycles. The van der Waals surface area contributed by atoms with Gasteiger partial charge >= 0.3 is 0 Å². The molecule has 3 atom stereocenters. The molecule has 1 aromatic carbocycles. The van der Waals surface area contributed by atoms with Gasteiger partial charge in [-0.1, -0.05) is 30.3 Å². The Labute approximate surface area is 209 Å². The molecule has 0 N–H and O–H groups in total. The summed E-state index contributed by atoms with van der Waals surface area (Å²) in [7, 11) is 0. The third kappa shape index (κ3) is 3.77. The van der Waals surface area contributed by atoms with Crippen molar-refractivity contribution in [3.8, 4) is 11.3 Å². The first-order valence-corrected chi connectivity index (χ1v) is 12.3. The van der Waals surface area contributed by atoms with Crippen LogP contribution in [0.4, 0.5) is 4.39 Å². The maximum absolute atomic E-state index is 14.7. The maximum Gasteiger partial charge on any atom is 0.259 e. The van der Waals surface area contributed by atoms with Crippen molar-refractivity contribution in [2.75, 3.05) is 13.1 Å². The number of hydrogen-bond donors (Lipinski definition) is 0. The summed E-state index contributed by atoms with van der Waals surface area (Å²) in [6.07, 6.45) is 3.16. The Kier molecular flexibility index (Phi) is 5.79. The van der Waals surface area contributed by atoms with Gasteiger partial charge in [-0.15, -0.1) is 0 Å². The average molecular weight is 495 g/mol. The molecule has 6 nitrogen and oxygen atoms in total. The second kappa shape index (κ2) is 8.55. The van der Waals surface area contributed by atoms with Crippen LogP contribution in [0.2, 0.25) is 5.02 Å². The summed E-state index contributed by atoms with van der Waals surface area (Å²) in [5, 5.41) is 0.301. The zero-order chi connectivity index (χ0) is 25.1. The molecular weight excluding hydrogens is 467 g/mol. The van der Waals surface area contributed by atoms with Gasteiger partial charge in [0.2, 0.25) is 5.91 Å². The third-order valence-electron chi connectivity index (χ3n) is 7.60. The summed E-state index contributed by atoms with van der Waals surface area (Å²) in [6, 6.07) is 7.95. The second-order valence-electron chi connectivity index (χ2n) is 9.96. The minimum Gasteiger partial charge on any atom is -0.349 e. The first-order chi connectivity index (χ1) is 16.7. The smallest absolute Gasteiger partial charge is 0.259 e. The average Bonchev–Trinajstić information content (AvgIpc) is 3.68. The van der Waals surface area contributed by atoms with Crippen molar-refractivity contribution in [3.63, 3.8) is 0 Å². The summed E-state index contributed by atoms with van der Waals surface area (Å²) in [5.41, 5.74) is 1.04. The largest absolute Gasteiger partial charge is 0.349 e. The van der Waals surface area contributed by atoms with Crippen LogP contribution in [0.1, 0.15) is 44.9 Å². The van der Waals surface area contributed by atoms with Gasteiger partial charge in [0.05, 0.1) is 21.8 Å². The number of aromatic nitrogens is 1. The number of carbonyl (C=O) groups is 2. The first kappa shape index (κ1) is 23.7. The lowest BCUT2D eigenvalue weighted by Gasteiger charge is -2.46. The molecule has 182 valence electrons. The van der Waals surface area contributed by atoms with Crippen molar-refractivity contribution < 1.29 is 14.0 Å². The van der Waals surface area contributed by atoms with Crippen molar-refractivity contribution in [2.24, 2.45) is 10.9 Å². The second-order valence-corrected chi connectivity index (χ2v) is 10.4. The van der Waals surface area contributed by atoms with E-state index in [2.05, 4.69) is 16.5 Å². The maximum atomic E-state index is 14.7. The van der Waals surface area contributed by atoms with Crippen LogP contribution in [-0.2, 0) is 15.0 Å². The predicted octanol–water partition coefficient (Wildman–Crippen LogP) is 4.60. The summed E-state index contributed by atoms with van der Waals surface area (Å²) in [5.74, 6) is -0.119. The minimum atomic E-state index is -0.890. The molecule has 0 spiro atoms. The molecule has 1 aliphatic carbocycles. The topological polar surface area (TPSA) is 65.9 Å². The van der Waals surface area contributed by atoms with Crippen molar-refractivity contribution >= 4 is 29.3 Å². The number of amides is 2. The van der Waals surface area contributed by atoms with Crippen molar-refractivity contribution in [1.82, 2.24) is 14.8 Å². The number of hydrogen-bond acceptors (Lipinski definition) is 4. The van der Waals surface area contributed by atoms with Crippen LogP contribution >= 0.6 is 11.6 Å². The number of aliphatic imine (C=N–C) groups is 1. The molecule has 0 radical (unpaired) electrons. The molecule has 1 saturated heterocycles. The molecule has 2 aromatic rings. The van der Waals surface area contributed by atoms with Gasteiger partial charge in [0.1, 0.15) is 11.7 Å². The molecule has 5 rings (SSSR count). The highest BCUT2D eigenvalue weighted by atomic mass is 35.5. The highest BCUT2D eigenvalue weighted by Crippen LogP contribution is 2.51. The van der Waals surface area contributed by atoms with Gasteiger partial charge in [-0.3, -0.25) is 9.59 Å². The van der Waals surface area contributed by atoms with Crippen LogP contribution in [0, 0.1) is 11.7 Å². The summed E-state index contributed by atoms with van der Waals surface area (Å²) in [4.78, 5) is 39.2. The van der Waals surface area contributed by atoms with Crippen LogP contribution in [0.25, 0.3) is 11.3 Å². The van der Waals surface area contributed by atoms with E-state index in [9.17, 15) is 14.0 Å². The van der Waals surface area contributed by atoms with E-state index >= 15 is 0 Å². The highest BCUT2D eigenvalue weighted by Gasteiger charge is 2.54. The van der Waals surface area contributed by atoms with Gasteiger partial charge in [-0.25, -0.2) is 9.37 Å². The van der Waals surface area contributed by atoms with Gasteiger partial charge in [0.25, 0.3) is 5.91 Å². The third-order valence-corrected chi connectivity index (χ3v) is 7.89. The Morgan fingerprint density at radius 1 is 1.20 bits per heavy atom. The number of piperazine rings is 1. The van der Waals surface area contributed by atoms with Crippen LogP contribution in [0.5, 0.6) is 0 Å². The molecule has 1 saturated carbocycles.